The van der Waals surface area contributed by atoms with Crippen molar-refractivity contribution in [3.8, 4) is 17.2 Å². The van der Waals surface area contributed by atoms with Crippen LogP contribution in [0.3, 0.4) is 0 Å². The lowest BCUT2D eigenvalue weighted by Crippen LogP contribution is -2.32. The molecule has 0 aliphatic heterocycles. The molecule has 5 heteroatoms. The average Bonchev–Trinajstić information content (AvgIpc) is 2.52. The number of benzene rings is 2. The maximum atomic E-state index is 10.2. The first-order chi connectivity index (χ1) is 11.0. The molecule has 23 heavy (non-hydrogen) atoms. The lowest BCUT2D eigenvalue weighted by atomic mass is 10.1. The standard InChI is InChI=1S/C18H23NO4/c1-12(7-13-3-5-17(23-2)6-4-13)19-11-18(22)14-8-15(20)10-16(21)9-14/h3-6,8-10,12,18-22H,7,11H2,1-2H3/t12-,18?/m1/s1. The van der Waals surface area contributed by atoms with Crippen molar-refractivity contribution in [3.05, 3.63) is 53.6 Å². The first-order valence-electron chi connectivity index (χ1n) is 7.55. The minimum Gasteiger partial charge on any atom is -0.508 e. The molecule has 5 nitrogen and oxygen atoms in total. The maximum Gasteiger partial charge on any atom is 0.119 e. The second-order valence-electron chi connectivity index (χ2n) is 5.66. The van der Waals surface area contributed by atoms with Crippen LogP contribution >= 0.6 is 0 Å². The molecule has 0 spiro atoms. The van der Waals surface area contributed by atoms with Crippen molar-refractivity contribution < 1.29 is 20.1 Å². The monoisotopic (exact) mass is 317 g/mol. The Hall–Kier alpha value is -2.24. The minimum atomic E-state index is -0.800. The topological polar surface area (TPSA) is 82.0 Å². The van der Waals surface area contributed by atoms with Crippen molar-refractivity contribution in [1.29, 1.82) is 0 Å². The zero-order chi connectivity index (χ0) is 16.8. The smallest absolute Gasteiger partial charge is 0.119 e. The van der Waals surface area contributed by atoms with Gasteiger partial charge >= 0.3 is 0 Å². The molecule has 0 aromatic heterocycles. The lowest BCUT2D eigenvalue weighted by molar-refractivity contribution is 0.170. The van der Waals surface area contributed by atoms with E-state index >= 15 is 0 Å². The summed E-state index contributed by atoms with van der Waals surface area (Å²) in [6.45, 7) is 2.37. The van der Waals surface area contributed by atoms with Crippen LogP contribution < -0.4 is 10.1 Å². The van der Waals surface area contributed by atoms with Gasteiger partial charge in [0.1, 0.15) is 17.2 Å². The predicted octanol–water partition coefficient (Wildman–Crippen LogP) is 2.36. The van der Waals surface area contributed by atoms with E-state index in [-0.39, 0.29) is 17.5 Å². The third-order valence-electron chi connectivity index (χ3n) is 3.67. The molecular weight excluding hydrogens is 294 g/mol. The summed E-state index contributed by atoms with van der Waals surface area (Å²) < 4.78 is 5.13. The maximum absolute atomic E-state index is 10.2. The van der Waals surface area contributed by atoms with Gasteiger partial charge in [0, 0.05) is 18.7 Å². The Morgan fingerprint density at radius 2 is 1.65 bits per heavy atom. The average molecular weight is 317 g/mol. The molecule has 0 bridgehead atoms. The van der Waals surface area contributed by atoms with Crippen LogP contribution in [0, 0.1) is 0 Å². The minimum absolute atomic E-state index is 0.0645. The molecule has 0 saturated carbocycles. The van der Waals surface area contributed by atoms with Crippen LogP contribution in [0.25, 0.3) is 0 Å². The number of phenols is 2. The second kappa shape index (κ2) is 7.85. The van der Waals surface area contributed by atoms with E-state index in [1.54, 1.807) is 7.11 Å². The number of methoxy groups -OCH3 is 1. The molecule has 2 rings (SSSR count). The number of aromatic hydroxyl groups is 2. The van der Waals surface area contributed by atoms with Gasteiger partial charge in [-0.15, -0.1) is 0 Å². The van der Waals surface area contributed by atoms with E-state index in [0.717, 1.165) is 12.2 Å². The Morgan fingerprint density at radius 1 is 1.04 bits per heavy atom. The molecule has 0 heterocycles. The van der Waals surface area contributed by atoms with E-state index in [4.69, 9.17) is 4.74 Å². The molecule has 0 amide bonds. The number of hydrogen-bond donors (Lipinski definition) is 4. The fourth-order valence-corrected chi connectivity index (χ4v) is 2.43. The summed E-state index contributed by atoms with van der Waals surface area (Å²) in [7, 11) is 1.64. The quantitative estimate of drug-likeness (QED) is 0.630. The summed E-state index contributed by atoms with van der Waals surface area (Å²) in [6, 6.07) is 12.2. The van der Waals surface area contributed by atoms with E-state index < -0.39 is 6.10 Å². The van der Waals surface area contributed by atoms with E-state index in [0.29, 0.717) is 12.1 Å². The van der Waals surface area contributed by atoms with Gasteiger partial charge in [-0.3, -0.25) is 0 Å². The largest absolute Gasteiger partial charge is 0.508 e. The zero-order valence-electron chi connectivity index (χ0n) is 13.4. The highest BCUT2D eigenvalue weighted by Gasteiger charge is 2.12. The summed E-state index contributed by atoms with van der Waals surface area (Å²) in [6.07, 6.45) is 0.0217. The number of phenolic OH excluding ortho intramolecular Hbond substituents is 2. The van der Waals surface area contributed by atoms with Crippen LogP contribution in [0.5, 0.6) is 17.2 Å². The number of hydrogen-bond acceptors (Lipinski definition) is 5. The molecule has 2 aromatic carbocycles. The molecule has 1 unspecified atom stereocenters. The molecule has 0 fully saturated rings. The van der Waals surface area contributed by atoms with Crippen LogP contribution in [0.2, 0.25) is 0 Å². The Morgan fingerprint density at radius 3 is 2.22 bits per heavy atom. The number of rotatable bonds is 7. The van der Waals surface area contributed by atoms with Crippen LogP contribution in [0.15, 0.2) is 42.5 Å². The fourth-order valence-electron chi connectivity index (χ4n) is 2.43. The molecule has 4 N–H and O–H groups in total. The summed E-state index contributed by atoms with van der Waals surface area (Å²) in [4.78, 5) is 0. The van der Waals surface area contributed by atoms with Gasteiger partial charge in [0.25, 0.3) is 0 Å². The summed E-state index contributed by atoms with van der Waals surface area (Å²) >= 11 is 0. The third-order valence-corrected chi connectivity index (χ3v) is 3.67. The van der Waals surface area contributed by atoms with Gasteiger partial charge in [-0.05, 0) is 48.7 Å². The summed E-state index contributed by atoms with van der Waals surface area (Å²) in [5.74, 6) is 0.698. The molecule has 0 saturated heterocycles. The highest BCUT2D eigenvalue weighted by molar-refractivity contribution is 5.37. The van der Waals surface area contributed by atoms with Crippen molar-refractivity contribution >= 4 is 0 Å². The van der Waals surface area contributed by atoms with Gasteiger partial charge in [0.15, 0.2) is 0 Å². The molecular formula is C18H23NO4. The molecule has 2 atom stereocenters. The molecule has 0 radical (unpaired) electrons. The first kappa shape index (κ1) is 17.1. The zero-order valence-corrected chi connectivity index (χ0v) is 13.4. The third kappa shape index (κ3) is 5.16. The number of aliphatic hydroxyl groups is 1. The normalized spacial score (nSPS) is 13.5. The van der Waals surface area contributed by atoms with Crippen LogP contribution in [0.4, 0.5) is 0 Å². The Bertz CT molecular complexity index is 607. The van der Waals surface area contributed by atoms with E-state index in [2.05, 4.69) is 5.32 Å². The highest BCUT2D eigenvalue weighted by Crippen LogP contribution is 2.24. The van der Waals surface area contributed by atoms with Crippen molar-refractivity contribution in [2.45, 2.75) is 25.5 Å². The first-order valence-corrected chi connectivity index (χ1v) is 7.55. The van der Waals surface area contributed by atoms with E-state index in [9.17, 15) is 15.3 Å². The van der Waals surface area contributed by atoms with Gasteiger partial charge in [-0.25, -0.2) is 0 Å². The van der Waals surface area contributed by atoms with Crippen molar-refractivity contribution in [1.82, 2.24) is 5.32 Å². The number of ether oxygens (including phenoxy) is 1. The summed E-state index contributed by atoms with van der Waals surface area (Å²) in [5.41, 5.74) is 1.65. The number of nitrogens with one attached hydrogen (secondary N) is 1. The molecule has 124 valence electrons. The van der Waals surface area contributed by atoms with Crippen molar-refractivity contribution in [2.75, 3.05) is 13.7 Å². The molecule has 0 aliphatic rings. The Balaban J connectivity index is 1.86. The van der Waals surface area contributed by atoms with Gasteiger partial charge in [-0.1, -0.05) is 12.1 Å². The van der Waals surface area contributed by atoms with Gasteiger partial charge < -0.3 is 25.4 Å². The predicted molar refractivity (Wildman–Crippen MR) is 88.9 cm³/mol. The van der Waals surface area contributed by atoms with Gasteiger partial charge in [-0.2, -0.15) is 0 Å². The van der Waals surface area contributed by atoms with Crippen molar-refractivity contribution in [3.63, 3.8) is 0 Å². The van der Waals surface area contributed by atoms with Crippen LogP contribution in [-0.2, 0) is 6.42 Å². The summed E-state index contributed by atoms with van der Waals surface area (Å²) in [5, 5.41) is 32.3. The lowest BCUT2D eigenvalue weighted by Gasteiger charge is -2.18. The van der Waals surface area contributed by atoms with Gasteiger partial charge in [0.2, 0.25) is 0 Å². The molecule has 0 aliphatic carbocycles. The Kier molecular flexibility index (Phi) is 5.84. The van der Waals surface area contributed by atoms with E-state index in [1.807, 2.05) is 31.2 Å². The van der Waals surface area contributed by atoms with Gasteiger partial charge in [0.05, 0.1) is 13.2 Å². The number of aliphatic hydroxyl groups excluding tert-OH is 1. The van der Waals surface area contributed by atoms with E-state index in [1.165, 1.54) is 23.8 Å². The molecule has 2 aromatic rings. The Labute approximate surface area is 136 Å². The fraction of sp³-hybridized carbons (Fsp3) is 0.333. The van der Waals surface area contributed by atoms with Crippen molar-refractivity contribution in [2.24, 2.45) is 0 Å². The van der Waals surface area contributed by atoms with Crippen LogP contribution in [-0.4, -0.2) is 35.0 Å². The SMILES string of the molecule is COc1ccc(C[C@@H](C)NCC(O)c2cc(O)cc(O)c2)cc1. The second-order valence-corrected chi connectivity index (χ2v) is 5.66. The highest BCUT2D eigenvalue weighted by atomic mass is 16.5. The van der Waals surface area contributed by atoms with Crippen LogP contribution in [0.1, 0.15) is 24.2 Å².